The first-order chi connectivity index (χ1) is 12.7. The van der Waals surface area contributed by atoms with Crippen molar-refractivity contribution in [3.63, 3.8) is 0 Å². The van der Waals surface area contributed by atoms with E-state index in [0.717, 1.165) is 30.5 Å². The highest BCUT2D eigenvalue weighted by Crippen LogP contribution is 2.19. The number of hydrogen-bond donors (Lipinski definition) is 2. The van der Waals surface area contributed by atoms with Gasteiger partial charge in [-0.15, -0.1) is 0 Å². The van der Waals surface area contributed by atoms with Crippen molar-refractivity contribution in [2.45, 2.75) is 19.9 Å². The van der Waals surface area contributed by atoms with E-state index >= 15 is 0 Å². The van der Waals surface area contributed by atoms with Crippen LogP contribution >= 0.6 is 0 Å². The third-order valence-corrected chi connectivity index (χ3v) is 3.93. The molecule has 2 heterocycles. The second kappa shape index (κ2) is 9.48. The van der Waals surface area contributed by atoms with Crippen molar-refractivity contribution in [2.75, 3.05) is 19.0 Å². The van der Waals surface area contributed by atoms with Gasteiger partial charge < -0.3 is 15.0 Å². The number of aliphatic hydroxyl groups excluding tert-OH is 1. The molecule has 1 unspecified atom stereocenters. The molecule has 0 aliphatic rings. The molecule has 0 saturated heterocycles. The predicted octanol–water partition coefficient (Wildman–Crippen LogP) is 2.95. The molecule has 2 aromatic heterocycles. The van der Waals surface area contributed by atoms with Gasteiger partial charge in [-0.3, -0.25) is 4.79 Å². The number of pyridine rings is 1. The minimum Gasteiger partial charge on any atom is -0.400 e. The normalized spacial score (nSPS) is 11.2. The standard InChI is InChI=1S/C19H20N4O.CH4O/c1-3-20-19-21-11-9-17(22-19)16-10-12-23(18(24)13-16)14(2)15-7-5-4-6-8-15;1-2/h4-14H,3H2,1-2H3,(H,20,21,22);2H,1H3. The fourth-order valence-electron chi connectivity index (χ4n) is 2.62. The van der Waals surface area contributed by atoms with Gasteiger partial charge in [-0.1, -0.05) is 30.3 Å². The molecular formula is C20H24N4O2. The first kappa shape index (κ1) is 19.3. The summed E-state index contributed by atoms with van der Waals surface area (Å²) in [4.78, 5) is 21.1. The maximum Gasteiger partial charge on any atom is 0.251 e. The highest BCUT2D eigenvalue weighted by molar-refractivity contribution is 5.59. The van der Waals surface area contributed by atoms with E-state index in [1.807, 2.05) is 56.4 Å². The number of nitrogens with one attached hydrogen (secondary N) is 1. The average molecular weight is 352 g/mol. The molecule has 0 spiro atoms. The Bertz CT molecular complexity index is 878. The summed E-state index contributed by atoms with van der Waals surface area (Å²) in [5.41, 5.74) is 2.58. The Morgan fingerprint density at radius 3 is 2.54 bits per heavy atom. The predicted molar refractivity (Wildman–Crippen MR) is 104 cm³/mol. The largest absolute Gasteiger partial charge is 0.400 e. The fourth-order valence-corrected chi connectivity index (χ4v) is 2.62. The quantitative estimate of drug-likeness (QED) is 0.738. The third-order valence-electron chi connectivity index (χ3n) is 3.93. The molecule has 0 saturated carbocycles. The lowest BCUT2D eigenvalue weighted by molar-refractivity contribution is 0.399. The first-order valence-electron chi connectivity index (χ1n) is 8.48. The van der Waals surface area contributed by atoms with Crippen LogP contribution in [0, 0.1) is 0 Å². The van der Waals surface area contributed by atoms with Crippen LogP contribution in [-0.2, 0) is 0 Å². The average Bonchev–Trinajstić information content (AvgIpc) is 2.70. The SMILES string of the molecule is CCNc1nccc(-c2ccn(C(C)c3ccccc3)c(=O)c2)n1.CO. The maximum atomic E-state index is 12.5. The van der Waals surface area contributed by atoms with Crippen LogP contribution in [0.5, 0.6) is 0 Å². The Morgan fingerprint density at radius 2 is 1.88 bits per heavy atom. The highest BCUT2D eigenvalue weighted by atomic mass is 16.2. The van der Waals surface area contributed by atoms with E-state index in [-0.39, 0.29) is 11.6 Å². The van der Waals surface area contributed by atoms with Gasteiger partial charge in [0.1, 0.15) is 0 Å². The monoisotopic (exact) mass is 352 g/mol. The molecule has 3 aromatic rings. The van der Waals surface area contributed by atoms with Crippen LogP contribution in [0.1, 0.15) is 25.5 Å². The molecule has 6 nitrogen and oxygen atoms in total. The van der Waals surface area contributed by atoms with Crippen molar-refractivity contribution in [3.05, 3.63) is 76.8 Å². The second-order valence-corrected chi connectivity index (χ2v) is 5.54. The molecule has 3 rings (SSSR count). The molecule has 1 aromatic carbocycles. The van der Waals surface area contributed by atoms with Crippen LogP contribution in [0.25, 0.3) is 11.3 Å². The van der Waals surface area contributed by atoms with Gasteiger partial charge in [0.25, 0.3) is 5.56 Å². The molecule has 6 heteroatoms. The number of benzene rings is 1. The van der Waals surface area contributed by atoms with Gasteiger partial charge in [0.15, 0.2) is 0 Å². The molecule has 2 N–H and O–H groups in total. The Kier molecular flexibility index (Phi) is 7.05. The Labute approximate surface area is 153 Å². The van der Waals surface area contributed by atoms with E-state index in [1.54, 1.807) is 22.9 Å². The number of aliphatic hydroxyl groups is 1. The lowest BCUT2D eigenvalue weighted by Gasteiger charge is -2.16. The van der Waals surface area contributed by atoms with E-state index in [9.17, 15) is 4.79 Å². The van der Waals surface area contributed by atoms with Crippen LogP contribution in [0.2, 0.25) is 0 Å². The smallest absolute Gasteiger partial charge is 0.251 e. The van der Waals surface area contributed by atoms with Gasteiger partial charge in [-0.2, -0.15) is 0 Å². The topological polar surface area (TPSA) is 80.0 Å². The van der Waals surface area contributed by atoms with Crippen molar-refractivity contribution in [1.82, 2.24) is 14.5 Å². The highest BCUT2D eigenvalue weighted by Gasteiger charge is 2.10. The third kappa shape index (κ3) is 4.55. The molecule has 26 heavy (non-hydrogen) atoms. The minimum absolute atomic E-state index is 0.0181. The summed E-state index contributed by atoms with van der Waals surface area (Å²) in [7, 11) is 1.00. The zero-order valence-corrected chi connectivity index (χ0v) is 15.3. The number of aromatic nitrogens is 3. The first-order valence-corrected chi connectivity index (χ1v) is 8.48. The molecule has 0 fully saturated rings. The summed E-state index contributed by atoms with van der Waals surface area (Å²) in [6.45, 7) is 4.76. The van der Waals surface area contributed by atoms with E-state index in [2.05, 4.69) is 15.3 Å². The molecular weight excluding hydrogens is 328 g/mol. The van der Waals surface area contributed by atoms with Crippen LogP contribution in [0.15, 0.2) is 65.7 Å². The lowest BCUT2D eigenvalue weighted by Crippen LogP contribution is -2.22. The van der Waals surface area contributed by atoms with Gasteiger partial charge in [0.2, 0.25) is 5.95 Å². The molecule has 0 aliphatic heterocycles. The summed E-state index contributed by atoms with van der Waals surface area (Å²) < 4.78 is 1.73. The summed E-state index contributed by atoms with van der Waals surface area (Å²) >= 11 is 0. The number of hydrogen-bond acceptors (Lipinski definition) is 5. The van der Waals surface area contributed by atoms with E-state index in [4.69, 9.17) is 5.11 Å². The summed E-state index contributed by atoms with van der Waals surface area (Å²) in [6.07, 6.45) is 3.52. The van der Waals surface area contributed by atoms with Crippen molar-refractivity contribution >= 4 is 5.95 Å². The number of anilines is 1. The molecule has 0 amide bonds. The van der Waals surface area contributed by atoms with Crippen LogP contribution in [-0.4, -0.2) is 33.3 Å². The molecule has 0 aliphatic carbocycles. The number of nitrogens with zero attached hydrogens (tertiary/aromatic N) is 3. The van der Waals surface area contributed by atoms with Crippen LogP contribution in [0.3, 0.4) is 0 Å². The zero-order valence-electron chi connectivity index (χ0n) is 15.3. The fraction of sp³-hybridized carbons (Fsp3) is 0.250. The maximum absolute atomic E-state index is 12.5. The van der Waals surface area contributed by atoms with Gasteiger partial charge in [-0.05, 0) is 31.5 Å². The Hall–Kier alpha value is -2.99. The van der Waals surface area contributed by atoms with Crippen molar-refractivity contribution in [1.29, 1.82) is 0 Å². The zero-order chi connectivity index (χ0) is 18.9. The number of rotatable bonds is 5. The van der Waals surface area contributed by atoms with Gasteiger partial charge >= 0.3 is 0 Å². The second-order valence-electron chi connectivity index (χ2n) is 5.54. The molecule has 0 radical (unpaired) electrons. The molecule has 0 bridgehead atoms. The molecule has 1 atom stereocenters. The Balaban J connectivity index is 0.00000117. The van der Waals surface area contributed by atoms with Crippen molar-refractivity contribution in [3.8, 4) is 11.3 Å². The van der Waals surface area contributed by atoms with Gasteiger partial charge in [-0.25, -0.2) is 9.97 Å². The summed E-state index contributed by atoms with van der Waals surface area (Å²) in [6, 6.07) is 15.3. The van der Waals surface area contributed by atoms with Gasteiger partial charge in [0.05, 0.1) is 11.7 Å². The Morgan fingerprint density at radius 1 is 1.15 bits per heavy atom. The van der Waals surface area contributed by atoms with Gasteiger partial charge in [0, 0.05) is 37.7 Å². The van der Waals surface area contributed by atoms with E-state index < -0.39 is 0 Å². The van der Waals surface area contributed by atoms with Crippen LogP contribution in [0.4, 0.5) is 5.95 Å². The van der Waals surface area contributed by atoms with Crippen LogP contribution < -0.4 is 10.9 Å². The van der Waals surface area contributed by atoms with E-state index in [0.29, 0.717) is 5.95 Å². The van der Waals surface area contributed by atoms with Crippen molar-refractivity contribution in [2.24, 2.45) is 0 Å². The van der Waals surface area contributed by atoms with Crippen molar-refractivity contribution < 1.29 is 5.11 Å². The summed E-state index contributed by atoms with van der Waals surface area (Å²) in [5.74, 6) is 0.567. The lowest BCUT2D eigenvalue weighted by atomic mass is 10.1. The molecule has 136 valence electrons. The minimum atomic E-state index is -0.0486. The summed E-state index contributed by atoms with van der Waals surface area (Å²) in [5, 5.41) is 10.1. The van der Waals surface area contributed by atoms with E-state index in [1.165, 1.54) is 0 Å².